The summed E-state index contributed by atoms with van der Waals surface area (Å²) in [6.45, 7) is 14.9. The number of carbonyl (C=O) groups excluding carboxylic acids is 1. The average molecular weight is 552 g/mol. The second-order valence-corrected chi connectivity index (χ2v) is 9.37. The van der Waals surface area contributed by atoms with Gasteiger partial charge in [-0.2, -0.15) is 0 Å². The number of fused-ring (bicyclic) bond motifs is 1. The van der Waals surface area contributed by atoms with E-state index >= 15 is 0 Å². The fourth-order valence-corrected chi connectivity index (χ4v) is 4.02. The van der Waals surface area contributed by atoms with Crippen LogP contribution in [0.4, 0.5) is 4.79 Å². The monoisotopic (exact) mass is 551 g/mol. The van der Waals surface area contributed by atoms with Crippen LogP contribution in [-0.2, 0) is 17.7 Å². The van der Waals surface area contributed by atoms with Crippen molar-refractivity contribution in [2.24, 2.45) is 4.99 Å². The van der Waals surface area contributed by atoms with Gasteiger partial charge in [0.25, 0.3) is 0 Å². The Hall–Kier alpha value is -1.07. The van der Waals surface area contributed by atoms with Crippen molar-refractivity contribution in [2.45, 2.75) is 65.6 Å². The van der Waals surface area contributed by atoms with E-state index in [0.29, 0.717) is 12.6 Å². The fourth-order valence-electron chi connectivity index (χ4n) is 3.13. The van der Waals surface area contributed by atoms with E-state index in [4.69, 9.17) is 9.73 Å². The molecule has 1 atom stereocenters. The molecule has 30 heavy (non-hydrogen) atoms. The molecular weight excluding hydrogens is 513 g/mol. The van der Waals surface area contributed by atoms with E-state index in [2.05, 4.69) is 46.1 Å². The topological polar surface area (TPSA) is 78.0 Å². The van der Waals surface area contributed by atoms with Crippen molar-refractivity contribution in [3.8, 4) is 0 Å². The van der Waals surface area contributed by atoms with E-state index in [0.717, 1.165) is 51.5 Å². The summed E-state index contributed by atoms with van der Waals surface area (Å²) in [7, 11) is 0. The predicted molar refractivity (Wildman–Crippen MR) is 136 cm³/mol. The van der Waals surface area contributed by atoms with Crippen molar-refractivity contribution < 1.29 is 9.53 Å². The first-order valence-electron chi connectivity index (χ1n) is 10.6. The number of aliphatic imine (C=N–C) groups is 1. The highest BCUT2D eigenvalue weighted by Crippen LogP contribution is 2.25. The van der Waals surface area contributed by atoms with Crippen LogP contribution >= 0.6 is 35.3 Å². The molecule has 0 saturated carbocycles. The minimum Gasteiger partial charge on any atom is -0.444 e. The highest BCUT2D eigenvalue weighted by molar-refractivity contribution is 14.0. The molecule has 3 N–H and O–H groups in total. The molecule has 0 fully saturated rings. The number of ether oxygens (including phenoxy) is 1. The van der Waals surface area contributed by atoms with Crippen LogP contribution in [0.15, 0.2) is 16.4 Å². The lowest BCUT2D eigenvalue weighted by Crippen LogP contribution is -2.42. The molecule has 2 rings (SSSR count). The van der Waals surface area contributed by atoms with Crippen molar-refractivity contribution in [3.63, 3.8) is 0 Å². The van der Waals surface area contributed by atoms with Gasteiger partial charge in [0.1, 0.15) is 5.60 Å². The van der Waals surface area contributed by atoms with E-state index < -0.39 is 5.60 Å². The number of guanidine groups is 1. The van der Waals surface area contributed by atoms with Crippen molar-refractivity contribution >= 4 is 47.4 Å². The number of nitrogens with zero attached hydrogens (tertiary/aromatic N) is 2. The molecule has 1 aliphatic rings. The summed E-state index contributed by atoms with van der Waals surface area (Å²) in [6, 6.07) is 2.64. The number of amides is 1. The first kappa shape index (κ1) is 27.0. The van der Waals surface area contributed by atoms with E-state index in [1.165, 1.54) is 10.4 Å². The lowest BCUT2D eigenvalue weighted by Gasteiger charge is -2.31. The fraction of sp³-hybridized carbons (Fsp3) is 0.714. The smallest absolute Gasteiger partial charge is 0.407 e. The van der Waals surface area contributed by atoms with Gasteiger partial charge >= 0.3 is 6.09 Å². The Morgan fingerprint density at radius 1 is 1.30 bits per heavy atom. The first-order chi connectivity index (χ1) is 13.8. The van der Waals surface area contributed by atoms with Gasteiger partial charge in [0.05, 0.1) is 6.54 Å². The summed E-state index contributed by atoms with van der Waals surface area (Å²) in [5.74, 6) is 0.824. The molecule has 0 aliphatic carbocycles. The van der Waals surface area contributed by atoms with Crippen LogP contribution in [0.3, 0.4) is 0 Å². The van der Waals surface area contributed by atoms with E-state index in [9.17, 15) is 4.79 Å². The zero-order valence-electron chi connectivity index (χ0n) is 18.9. The summed E-state index contributed by atoms with van der Waals surface area (Å²) in [6.07, 6.45) is 1.57. The van der Waals surface area contributed by atoms with Crippen LogP contribution in [-0.4, -0.2) is 61.3 Å². The second kappa shape index (κ2) is 13.4. The van der Waals surface area contributed by atoms with Gasteiger partial charge in [-0.05, 0) is 64.5 Å². The summed E-state index contributed by atoms with van der Waals surface area (Å²) >= 11 is 1.87. The minimum absolute atomic E-state index is 0. The molecule has 0 bridgehead atoms. The largest absolute Gasteiger partial charge is 0.444 e. The minimum atomic E-state index is -0.469. The number of rotatable bonds is 8. The van der Waals surface area contributed by atoms with Crippen LogP contribution in [0.5, 0.6) is 0 Å². The maximum absolute atomic E-state index is 11.7. The standard InChI is InChI=1S/C21H37N5O2S.HI/c1-6-22-19(23-10-7-11-24-20(27)28-21(3,4)5)25-14-16(2)26-12-8-18-17(15-26)9-13-29-18;/h9,13,16H,6-8,10-12,14-15H2,1-5H3,(H,24,27)(H2,22,23,25);1H. The maximum atomic E-state index is 11.7. The molecule has 0 radical (unpaired) electrons. The van der Waals surface area contributed by atoms with Crippen LogP contribution in [0, 0.1) is 0 Å². The second-order valence-electron chi connectivity index (χ2n) is 8.37. The zero-order valence-corrected chi connectivity index (χ0v) is 22.1. The van der Waals surface area contributed by atoms with Crippen molar-refractivity contribution in [1.82, 2.24) is 20.9 Å². The maximum Gasteiger partial charge on any atom is 0.407 e. The SMILES string of the molecule is CCNC(=NCC(C)N1CCc2sccc2C1)NCCCNC(=O)OC(C)(C)C.I. The molecule has 172 valence electrons. The van der Waals surface area contributed by atoms with Crippen molar-refractivity contribution in [3.05, 3.63) is 21.9 Å². The number of carbonyl (C=O) groups is 1. The molecule has 1 aromatic heterocycles. The van der Waals surface area contributed by atoms with Crippen molar-refractivity contribution in [2.75, 3.05) is 32.7 Å². The molecule has 1 aromatic rings. The number of alkyl carbamates (subject to hydrolysis) is 1. The number of thiophene rings is 1. The summed E-state index contributed by atoms with van der Waals surface area (Å²) in [5.41, 5.74) is 1.00. The Balaban J connectivity index is 0.00000450. The van der Waals surface area contributed by atoms with Crippen LogP contribution in [0.25, 0.3) is 0 Å². The molecule has 1 amide bonds. The molecule has 1 aliphatic heterocycles. The van der Waals surface area contributed by atoms with E-state index in [1.54, 1.807) is 0 Å². The molecule has 0 aromatic carbocycles. The highest BCUT2D eigenvalue weighted by Gasteiger charge is 2.21. The third-order valence-corrected chi connectivity index (χ3v) is 5.66. The number of hydrogen-bond donors (Lipinski definition) is 3. The average Bonchev–Trinajstić information content (AvgIpc) is 3.11. The Bertz CT molecular complexity index is 675. The molecule has 7 nitrogen and oxygen atoms in total. The Morgan fingerprint density at radius 2 is 2.03 bits per heavy atom. The third kappa shape index (κ3) is 9.82. The molecule has 0 saturated heterocycles. The van der Waals surface area contributed by atoms with Gasteiger partial charge in [-0.25, -0.2) is 4.79 Å². The summed E-state index contributed by atoms with van der Waals surface area (Å²) in [5, 5.41) is 11.6. The Labute approximate surface area is 202 Å². The number of hydrogen-bond acceptors (Lipinski definition) is 5. The lowest BCUT2D eigenvalue weighted by molar-refractivity contribution is 0.0527. The number of nitrogens with one attached hydrogen (secondary N) is 3. The van der Waals surface area contributed by atoms with Gasteiger partial charge in [0.15, 0.2) is 5.96 Å². The normalized spacial score (nSPS) is 15.6. The van der Waals surface area contributed by atoms with Gasteiger partial charge in [0.2, 0.25) is 0 Å². The van der Waals surface area contributed by atoms with Crippen LogP contribution in [0.2, 0.25) is 0 Å². The van der Waals surface area contributed by atoms with Gasteiger partial charge in [-0.15, -0.1) is 35.3 Å². The van der Waals surface area contributed by atoms with E-state index in [1.807, 2.05) is 32.1 Å². The molecule has 1 unspecified atom stereocenters. The molecule has 2 heterocycles. The zero-order chi connectivity index (χ0) is 21.3. The third-order valence-electron chi connectivity index (χ3n) is 4.63. The predicted octanol–water partition coefficient (Wildman–Crippen LogP) is 3.58. The highest BCUT2D eigenvalue weighted by atomic mass is 127. The summed E-state index contributed by atoms with van der Waals surface area (Å²) < 4.78 is 5.23. The van der Waals surface area contributed by atoms with E-state index in [-0.39, 0.29) is 30.1 Å². The van der Waals surface area contributed by atoms with Gasteiger partial charge in [0, 0.05) is 43.6 Å². The van der Waals surface area contributed by atoms with Crippen LogP contribution < -0.4 is 16.0 Å². The first-order valence-corrected chi connectivity index (χ1v) is 11.4. The Morgan fingerprint density at radius 3 is 2.73 bits per heavy atom. The molecule has 9 heteroatoms. The summed E-state index contributed by atoms with van der Waals surface area (Å²) in [4.78, 5) is 20.4. The van der Waals surface area contributed by atoms with Gasteiger partial charge in [-0.1, -0.05) is 0 Å². The van der Waals surface area contributed by atoms with Crippen LogP contribution in [0.1, 0.15) is 51.5 Å². The molecule has 0 spiro atoms. The van der Waals surface area contributed by atoms with Crippen molar-refractivity contribution in [1.29, 1.82) is 0 Å². The Kier molecular flexibility index (Phi) is 12.0. The number of halogens is 1. The quantitative estimate of drug-likeness (QED) is 0.199. The lowest BCUT2D eigenvalue weighted by atomic mass is 10.1. The van der Waals surface area contributed by atoms with Gasteiger partial charge in [-0.3, -0.25) is 9.89 Å². The molecular formula is C21H38IN5O2S. The van der Waals surface area contributed by atoms with Gasteiger partial charge < -0.3 is 20.7 Å².